The van der Waals surface area contributed by atoms with Crippen molar-refractivity contribution in [3.05, 3.63) is 24.3 Å². The molecule has 0 aliphatic carbocycles. The number of carbonyl (C=O) groups is 2. The van der Waals surface area contributed by atoms with E-state index in [1.54, 1.807) is 21.0 Å². The molecule has 1 aromatic rings. The van der Waals surface area contributed by atoms with Gasteiger partial charge in [-0.1, -0.05) is 0 Å². The summed E-state index contributed by atoms with van der Waals surface area (Å²) in [6.07, 6.45) is 0. The fraction of sp³-hybridized carbons (Fsp3) is 0.429. The van der Waals surface area contributed by atoms with E-state index < -0.39 is 12.0 Å². The van der Waals surface area contributed by atoms with Gasteiger partial charge in [-0.05, 0) is 38.1 Å². The zero-order valence-corrected chi connectivity index (χ0v) is 12.7. The summed E-state index contributed by atoms with van der Waals surface area (Å²) in [6, 6.07) is 6.80. The second-order valence-corrected chi connectivity index (χ2v) is 5.05. The van der Waals surface area contributed by atoms with Crippen LogP contribution in [0.1, 0.15) is 13.8 Å². The number of methoxy groups -OCH3 is 1. The molecule has 0 aromatic heterocycles. The fourth-order valence-electron chi connectivity index (χ4n) is 1.43. The normalized spacial score (nSPS) is 11.6. The minimum atomic E-state index is -0.626. The Morgan fingerprint density at radius 2 is 1.95 bits per heavy atom. The topological polar surface area (TPSA) is 64.6 Å². The predicted octanol–water partition coefficient (Wildman–Crippen LogP) is 1.86. The molecule has 20 heavy (non-hydrogen) atoms. The van der Waals surface area contributed by atoms with Crippen LogP contribution in [0.25, 0.3) is 0 Å². The predicted molar refractivity (Wildman–Crippen MR) is 78.0 cm³/mol. The zero-order chi connectivity index (χ0) is 15.0. The third-order valence-electron chi connectivity index (χ3n) is 2.45. The Balaban J connectivity index is 2.37. The number of amides is 1. The Morgan fingerprint density at radius 3 is 2.50 bits per heavy atom. The first kappa shape index (κ1) is 16.4. The van der Waals surface area contributed by atoms with E-state index in [0.29, 0.717) is 6.61 Å². The fourth-order valence-corrected chi connectivity index (χ4v) is 2.14. The van der Waals surface area contributed by atoms with E-state index in [9.17, 15) is 9.59 Å². The molecule has 1 N–H and O–H groups in total. The smallest absolute Gasteiger partial charge is 0.328 e. The molecule has 0 aliphatic rings. The van der Waals surface area contributed by atoms with Crippen LogP contribution < -0.4 is 10.1 Å². The van der Waals surface area contributed by atoms with E-state index in [-0.39, 0.29) is 11.7 Å². The van der Waals surface area contributed by atoms with Gasteiger partial charge in [-0.15, -0.1) is 11.8 Å². The second-order valence-electron chi connectivity index (χ2n) is 4.01. The van der Waals surface area contributed by atoms with E-state index in [0.717, 1.165) is 10.6 Å². The summed E-state index contributed by atoms with van der Waals surface area (Å²) < 4.78 is 9.88. The van der Waals surface area contributed by atoms with Gasteiger partial charge in [-0.2, -0.15) is 0 Å². The van der Waals surface area contributed by atoms with Gasteiger partial charge < -0.3 is 14.8 Å². The monoisotopic (exact) mass is 297 g/mol. The number of nitrogens with one attached hydrogen (secondary N) is 1. The van der Waals surface area contributed by atoms with Gasteiger partial charge in [0, 0.05) is 4.90 Å². The molecule has 110 valence electrons. The Bertz CT molecular complexity index is 447. The Kier molecular flexibility index (Phi) is 6.93. The average molecular weight is 297 g/mol. The summed E-state index contributed by atoms with van der Waals surface area (Å²) in [5, 5.41) is 2.60. The number of carbonyl (C=O) groups excluding carboxylic acids is 2. The molecule has 1 atom stereocenters. The van der Waals surface area contributed by atoms with Gasteiger partial charge in [0.05, 0.1) is 19.5 Å². The minimum Gasteiger partial charge on any atom is -0.497 e. The molecule has 0 heterocycles. The number of rotatable bonds is 7. The van der Waals surface area contributed by atoms with Crippen LogP contribution in [0.5, 0.6) is 5.75 Å². The van der Waals surface area contributed by atoms with Crippen LogP contribution in [0.15, 0.2) is 29.2 Å². The van der Waals surface area contributed by atoms with Crippen molar-refractivity contribution >= 4 is 23.6 Å². The molecule has 1 aromatic carbocycles. The Labute approximate surface area is 123 Å². The first-order chi connectivity index (χ1) is 9.56. The molecule has 0 fully saturated rings. The van der Waals surface area contributed by atoms with Gasteiger partial charge in [0.2, 0.25) is 5.91 Å². The molecule has 0 aliphatic heterocycles. The zero-order valence-electron chi connectivity index (χ0n) is 11.8. The lowest BCUT2D eigenvalue weighted by Crippen LogP contribution is -2.40. The molecule has 5 nitrogen and oxygen atoms in total. The maximum absolute atomic E-state index is 11.7. The molecule has 1 rings (SSSR count). The van der Waals surface area contributed by atoms with Gasteiger partial charge in [0.25, 0.3) is 0 Å². The molecule has 0 saturated carbocycles. The van der Waals surface area contributed by atoms with Crippen molar-refractivity contribution in [1.82, 2.24) is 5.32 Å². The highest BCUT2D eigenvalue weighted by molar-refractivity contribution is 8.00. The van der Waals surface area contributed by atoms with Crippen molar-refractivity contribution in [3.63, 3.8) is 0 Å². The van der Waals surface area contributed by atoms with Crippen LogP contribution in [0.4, 0.5) is 0 Å². The lowest BCUT2D eigenvalue weighted by atomic mass is 10.3. The van der Waals surface area contributed by atoms with Gasteiger partial charge in [0.15, 0.2) is 0 Å². The van der Waals surface area contributed by atoms with Crippen molar-refractivity contribution in [1.29, 1.82) is 0 Å². The van der Waals surface area contributed by atoms with Crippen LogP contribution in [-0.2, 0) is 14.3 Å². The molecule has 0 spiro atoms. The standard InChI is InChI=1S/C14H19NO4S/c1-4-19-14(17)10(2)15-13(16)9-20-12-7-5-11(18-3)6-8-12/h5-8,10H,4,9H2,1-3H3,(H,15,16). The summed E-state index contributed by atoms with van der Waals surface area (Å²) in [6.45, 7) is 3.64. The number of hydrogen-bond donors (Lipinski definition) is 1. The SMILES string of the molecule is CCOC(=O)C(C)NC(=O)CSc1ccc(OC)cc1. The lowest BCUT2D eigenvalue weighted by molar-refractivity contribution is -0.146. The quantitative estimate of drug-likeness (QED) is 0.614. The maximum atomic E-state index is 11.7. The van der Waals surface area contributed by atoms with Crippen molar-refractivity contribution in [2.24, 2.45) is 0 Å². The molecule has 1 unspecified atom stereocenters. The molecule has 6 heteroatoms. The van der Waals surface area contributed by atoms with Gasteiger partial charge in [-0.3, -0.25) is 4.79 Å². The van der Waals surface area contributed by atoms with Crippen LogP contribution in [-0.4, -0.2) is 37.4 Å². The summed E-state index contributed by atoms with van der Waals surface area (Å²) >= 11 is 1.40. The summed E-state index contributed by atoms with van der Waals surface area (Å²) in [4.78, 5) is 24.0. The number of benzene rings is 1. The van der Waals surface area contributed by atoms with Gasteiger partial charge in [-0.25, -0.2) is 4.79 Å². The van der Waals surface area contributed by atoms with Gasteiger partial charge in [0.1, 0.15) is 11.8 Å². The maximum Gasteiger partial charge on any atom is 0.328 e. The second kappa shape index (κ2) is 8.47. The number of ether oxygens (including phenoxy) is 2. The number of hydrogen-bond acceptors (Lipinski definition) is 5. The van der Waals surface area contributed by atoms with E-state index in [1.165, 1.54) is 11.8 Å². The highest BCUT2D eigenvalue weighted by atomic mass is 32.2. The summed E-state index contributed by atoms with van der Waals surface area (Å²) in [5.41, 5.74) is 0. The van der Waals surface area contributed by atoms with Crippen molar-refractivity contribution in [3.8, 4) is 5.75 Å². The van der Waals surface area contributed by atoms with Crippen molar-refractivity contribution < 1.29 is 19.1 Å². The summed E-state index contributed by atoms with van der Waals surface area (Å²) in [7, 11) is 1.60. The summed E-state index contributed by atoms with van der Waals surface area (Å²) in [5.74, 6) is 0.396. The molecular formula is C14H19NO4S. The molecule has 0 bridgehead atoms. The first-order valence-electron chi connectivity index (χ1n) is 6.29. The van der Waals surface area contributed by atoms with E-state index >= 15 is 0 Å². The van der Waals surface area contributed by atoms with Crippen molar-refractivity contribution in [2.75, 3.05) is 19.5 Å². The van der Waals surface area contributed by atoms with Crippen LogP contribution in [0.2, 0.25) is 0 Å². The molecule has 1 amide bonds. The highest BCUT2D eigenvalue weighted by Gasteiger charge is 2.16. The van der Waals surface area contributed by atoms with Crippen LogP contribution in [0.3, 0.4) is 0 Å². The van der Waals surface area contributed by atoms with Gasteiger partial charge >= 0.3 is 5.97 Å². The van der Waals surface area contributed by atoms with Crippen molar-refractivity contribution in [2.45, 2.75) is 24.8 Å². The van der Waals surface area contributed by atoms with E-state index in [2.05, 4.69) is 5.32 Å². The van der Waals surface area contributed by atoms with Crippen LogP contribution >= 0.6 is 11.8 Å². The van der Waals surface area contributed by atoms with Crippen LogP contribution in [0, 0.1) is 0 Å². The lowest BCUT2D eigenvalue weighted by Gasteiger charge is -2.12. The Morgan fingerprint density at radius 1 is 1.30 bits per heavy atom. The van der Waals surface area contributed by atoms with E-state index in [1.807, 2.05) is 24.3 Å². The average Bonchev–Trinajstić information content (AvgIpc) is 2.45. The molecule has 0 radical (unpaired) electrons. The molecule has 0 saturated heterocycles. The minimum absolute atomic E-state index is 0.202. The largest absolute Gasteiger partial charge is 0.497 e. The number of esters is 1. The number of thioether (sulfide) groups is 1. The third-order valence-corrected chi connectivity index (χ3v) is 3.46. The first-order valence-corrected chi connectivity index (χ1v) is 7.28. The highest BCUT2D eigenvalue weighted by Crippen LogP contribution is 2.20. The third kappa shape index (κ3) is 5.52. The molecular weight excluding hydrogens is 278 g/mol. The van der Waals surface area contributed by atoms with E-state index in [4.69, 9.17) is 9.47 Å². The Hall–Kier alpha value is -1.69.